The van der Waals surface area contributed by atoms with Crippen molar-refractivity contribution in [2.24, 2.45) is 0 Å². The van der Waals surface area contributed by atoms with Gasteiger partial charge in [-0.25, -0.2) is 13.6 Å². The van der Waals surface area contributed by atoms with Gasteiger partial charge in [0.25, 0.3) is 0 Å². The molecule has 0 atom stereocenters. The second kappa shape index (κ2) is 5.17. The van der Waals surface area contributed by atoms with Gasteiger partial charge in [-0.05, 0) is 35.9 Å². The Bertz CT molecular complexity index is 888. The van der Waals surface area contributed by atoms with E-state index in [9.17, 15) is 8.78 Å². The van der Waals surface area contributed by atoms with E-state index in [1.807, 2.05) is 0 Å². The van der Waals surface area contributed by atoms with Gasteiger partial charge in [-0.2, -0.15) is 5.10 Å². The van der Waals surface area contributed by atoms with Gasteiger partial charge < -0.3 is 0 Å². The molecule has 0 radical (unpaired) electrons. The van der Waals surface area contributed by atoms with Gasteiger partial charge in [-0.3, -0.25) is 5.10 Å². The molecule has 0 bridgehead atoms. The molecule has 102 valence electrons. The zero-order valence-corrected chi connectivity index (χ0v) is 10.8. The van der Waals surface area contributed by atoms with E-state index in [4.69, 9.17) is 6.57 Å². The van der Waals surface area contributed by atoms with Gasteiger partial charge in [0.15, 0.2) is 5.69 Å². The second-order valence-electron chi connectivity index (χ2n) is 4.46. The Kier molecular flexibility index (Phi) is 3.20. The third-order valence-corrected chi connectivity index (χ3v) is 3.05. The number of rotatable bonds is 2. The van der Waals surface area contributed by atoms with Crippen molar-refractivity contribution in [3.63, 3.8) is 0 Å². The molecule has 5 heteroatoms. The molecule has 3 aromatic rings. The molecule has 0 fully saturated rings. The topological polar surface area (TPSA) is 33.0 Å². The maximum absolute atomic E-state index is 13.8. The molecule has 0 spiro atoms. The van der Waals surface area contributed by atoms with E-state index in [2.05, 4.69) is 15.0 Å². The summed E-state index contributed by atoms with van der Waals surface area (Å²) in [5, 5.41) is 7.13. The number of aromatic nitrogens is 2. The number of H-pyrrole nitrogens is 1. The first-order valence-corrected chi connectivity index (χ1v) is 6.16. The molecular weight excluding hydrogens is 272 g/mol. The normalized spacial score (nSPS) is 11.1. The average Bonchev–Trinajstić information content (AvgIpc) is 2.88. The monoisotopic (exact) mass is 281 g/mol. The average molecular weight is 281 g/mol. The van der Waals surface area contributed by atoms with Crippen molar-refractivity contribution in [2.75, 3.05) is 0 Å². The minimum absolute atomic E-state index is 0.182. The summed E-state index contributed by atoms with van der Waals surface area (Å²) in [5.74, 6) is -0.867. The highest BCUT2D eigenvalue weighted by molar-refractivity contribution is 5.92. The summed E-state index contributed by atoms with van der Waals surface area (Å²) < 4.78 is 26.9. The van der Waals surface area contributed by atoms with Crippen molar-refractivity contribution in [3.05, 3.63) is 70.7 Å². The molecule has 1 N–H and O–H groups in total. The van der Waals surface area contributed by atoms with Crippen molar-refractivity contribution in [2.45, 2.75) is 0 Å². The van der Waals surface area contributed by atoms with Crippen molar-refractivity contribution >= 4 is 28.7 Å². The molecule has 1 aromatic heterocycles. The number of halogens is 2. The van der Waals surface area contributed by atoms with E-state index in [1.54, 1.807) is 30.4 Å². The number of hydrogen-bond acceptors (Lipinski definition) is 1. The summed E-state index contributed by atoms with van der Waals surface area (Å²) >= 11 is 0. The Morgan fingerprint density at radius 3 is 2.76 bits per heavy atom. The SMILES string of the molecule is [C-]#[N+]c1cc(F)c2n[nH]c(C=Cc3cccc(F)c3)c2c1. The third kappa shape index (κ3) is 2.51. The van der Waals surface area contributed by atoms with Gasteiger partial charge in [-0.15, -0.1) is 0 Å². The van der Waals surface area contributed by atoms with Gasteiger partial charge >= 0.3 is 0 Å². The van der Waals surface area contributed by atoms with Crippen LogP contribution in [0.3, 0.4) is 0 Å². The minimum atomic E-state index is -0.542. The lowest BCUT2D eigenvalue weighted by Crippen LogP contribution is -1.78. The fourth-order valence-corrected chi connectivity index (χ4v) is 2.06. The number of aromatic amines is 1. The molecule has 0 saturated carbocycles. The van der Waals surface area contributed by atoms with Crippen LogP contribution in [0, 0.1) is 18.2 Å². The first-order valence-electron chi connectivity index (χ1n) is 6.16. The Morgan fingerprint density at radius 2 is 2.00 bits per heavy atom. The van der Waals surface area contributed by atoms with E-state index in [0.717, 1.165) is 6.07 Å². The van der Waals surface area contributed by atoms with Crippen LogP contribution in [0.5, 0.6) is 0 Å². The molecule has 0 aliphatic carbocycles. The van der Waals surface area contributed by atoms with Gasteiger partial charge in [-0.1, -0.05) is 18.2 Å². The summed E-state index contributed by atoms with van der Waals surface area (Å²) in [6.07, 6.45) is 3.37. The predicted molar refractivity (Wildman–Crippen MR) is 77.6 cm³/mol. The van der Waals surface area contributed by atoms with Gasteiger partial charge in [0.2, 0.25) is 0 Å². The van der Waals surface area contributed by atoms with E-state index in [1.165, 1.54) is 12.1 Å². The van der Waals surface area contributed by atoms with Crippen LogP contribution in [0.15, 0.2) is 36.4 Å². The lowest BCUT2D eigenvalue weighted by molar-refractivity contribution is 0.627. The van der Waals surface area contributed by atoms with Crippen LogP contribution < -0.4 is 0 Å². The standard InChI is InChI=1S/C16H9F2N3/c1-19-12-8-13-15(20-21-16(13)14(18)9-12)6-5-10-3-2-4-11(17)7-10/h2-9H,(H,20,21). The predicted octanol–water partition coefficient (Wildman–Crippen LogP) is 4.56. The number of nitrogens with zero attached hydrogens (tertiary/aromatic N) is 2. The van der Waals surface area contributed by atoms with Crippen molar-refractivity contribution < 1.29 is 8.78 Å². The number of benzene rings is 2. The largest absolute Gasteiger partial charge is 0.277 e. The molecule has 1 heterocycles. The molecule has 0 unspecified atom stereocenters. The highest BCUT2D eigenvalue weighted by Gasteiger charge is 2.09. The van der Waals surface area contributed by atoms with E-state index < -0.39 is 5.82 Å². The van der Waals surface area contributed by atoms with Crippen molar-refractivity contribution in [1.82, 2.24) is 10.2 Å². The first kappa shape index (κ1) is 13.0. The molecule has 3 nitrogen and oxygen atoms in total. The maximum atomic E-state index is 13.8. The maximum Gasteiger partial charge on any atom is 0.190 e. The zero-order valence-electron chi connectivity index (χ0n) is 10.8. The molecule has 21 heavy (non-hydrogen) atoms. The van der Waals surface area contributed by atoms with Crippen LogP contribution >= 0.6 is 0 Å². The fraction of sp³-hybridized carbons (Fsp3) is 0. The van der Waals surface area contributed by atoms with Crippen LogP contribution in [0.25, 0.3) is 27.9 Å². The van der Waals surface area contributed by atoms with Gasteiger partial charge in [0.05, 0.1) is 12.3 Å². The van der Waals surface area contributed by atoms with E-state index in [-0.39, 0.29) is 17.0 Å². The van der Waals surface area contributed by atoms with E-state index >= 15 is 0 Å². The molecule has 0 aliphatic rings. The second-order valence-corrected chi connectivity index (χ2v) is 4.46. The molecule has 3 rings (SSSR count). The summed E-state index contributed by atoms with van der Waals surface area (Å²) in [4.78, 5) is 3.23. The van der Waals surface area contributed by atoms with Crippen LogP contribution in [0.4, 0.5) is 14.5 Å². The number of nitrogens with one attached hydrogen (secondary N) is 1. The fourth-order valence-electron chi connectivity index (χ4n) is 2.06. The highest BCUT2D eigenvalue weighted by Crippen LogP contribution is 2.26. The summed E-state index contributed by atoms with van der Waals surface area (Å²) in [6.45, 7) is 6.97. The van der Waals surface area contributed by atoms with Crippen molar-refractivity contribution in [3.8, 4) is 0 Å². The Labute approximate surface area is 119 Å². The zero-order chi connectivity index (χ0) is 14.8. The number of hydrogen-bond donors (Lipinski definition) is 1. The Balaban J connectivity index is 2.05. The quantitative estimate of drug-likeness (QED) is 0.686. The van der Waals surface area contributed by atoms with Crippen LogP contribution in [-0.2, 0) is 0 Å². The molecule has 2 aromatic carbocycles. The Hall–Kier alpha value is -3.00. The van der Waals surface area contributed by atoms with Crippen LogP contribution in [0.1, 0.15) is 11.3 Å². The lowest BCUT2D eigenvalue weighted by atomic mass is 10.1. The summed E-state index contributed by atoms with van der Waals surface area (Å²) in [7, 11) is 0. The van der Waals surface area contributed by atoms with Crippen molar-refractivity contribution in [1.29, 1.82) is 0 Å². The summed E-state index contributed by atoms with van der Waals surface area (Å²) in [5.41, 5.74) is 1.64. The lowest BCUT2D eigenvalue weighted by Gasteiger charge is -1.95. The number of fused-ring (bicyclic) bond motifs is 1. The molecule has 0 aliphatic heterocycles. The first-order chi connectivity index (χ1) is 10.2. The van der Waals surface area contributed by atoms with Gasteiger partial charge in [0.1, 0.15) is 17.2 Å². The van der Waals surface area contributed by atoms with Crippen LogP contribution in [0.2, 0.25) is 0 Å². The molecule has 0 amide bonds. The van der Waals surface area contributed by atoms with E-state index in [0.29, 0.717) is 16.6 Å². The summed E-state index contributed by atoms with van der Waals surface area (Å²) in [6, 6.07) is 8.83. The minimum Gasteiger partial charge on any atom is -0.277 e. The van der Waals surface area contributed by atoms with Crippen LogP contribution in [-0.4, -0.2) is 10.2 Å². The van der Waals surface area contributed by atoms with Gasteiger partial charge in [0, 0.05) is 5.39 Å². The molecule has 0 saturated heterocycles. The highest BCUT2D eigenvalue weighted by atomic mass is 19.1. The smallest absolute Gasteiger partial charge is 0.190 e. The Morgan fingerprint density at radius 1 is 1.14 bits per heavy atom. The molecular formula is C16H9F2N3. The third-order valence-electron chi connectivity index (χ3n) is 3.05.